The van der Waals surface area contributed by atoms with Gasteiger partial charge in [0.1, 0.15) is 65.6 Å². The summed E-state index contributed by atoms with van der Waals surface area (Å²) in [5.74, 6) is -1.94. The number of benzene rings is 6. The molecular weight excluding hydrogens is 1600 g/mol. The van der Waals surface area contributed by atoms with E-state index < -0.39 is 124 Å². The molecule has 35 heteroatoms. The van der Waals surface area contributed by atoms with Crippen molar-refractivity contribution < 1.29 is 65.2 Å². The van der Waals surface area contributed by atoms with Gasteiger partial charge in [-0.15, -0.1) is 0 Å². The molecule has 0 spiro atoms. The maximum absolute atomic E-state index is 17.0. The zero-order chi connectivity index (χ0) is 83.1. The second-order valence-corrected chi connectivity index (χ2v) is 33.3. The minimum atomic E-state index is -5.29. The Morgan fingerprint density at radius 3 is 2.08 bits per heavy atom. The lowest BCUT2D eigenvalue weighted by molar-refractivity contribution is -0.119. The molecule has 6 aromatic carbocycles. The van der Waals surface area contributed by atoms with Crippen molar-refractivity contribution in [3.8, 4) is 23.3 Å². The van der Waals surface area contributed by atoms with Crippen molar-refractivity contribution in [2.24, 2.45) is 16.8 Å². The van der Waals surface area contributed by atoms with E-state index in [-0.39, 0.29) is 95.4 Å². The number of imidazole rings is 2. The minimum absolute atomic E-state index is 0.00110. The summed E-state index contributed by atoms with van der Waals surface area (Å²) in [6.07, 6.45) is -4.57. The average Bonchev–Trinajstić information content (AvgIpc) is 1.39. The number of para-hydroxylation sites is 1. The van der Waals surface area contributed by atoms with Crippen molar-refractivity contribution in [2.45, 2.75) is 153 Å². The molecule has 1 radical (unpaired) electrons. The van der Waals surface area contributed by atoms with Gasteiger partial charge in [-0.05, 0) is 118 Å². The number of carbonyl (C=O) groups excluding carboxylic acids is 2. The Balaban J connectivity index is 0.926. The van der Waals surface area contributed by atoms with E-state index in [1.165, 1.54) is 40.1 Å². The predicted octanol–water partition coefficient (Wildman–Crippen LogP) is 13.8. The van der Waals surface area contributed by atoms with Crippen LogP contribution in [0.4, 0.5) is 11.8 Å². The van der Waals surface area contributed by atoms with Gasteiger partial charge in [0.05, 0.1) is 88.9 Å². The molecule has 3 fully saturated rings. The zero-order valence-corrected chi connectivity index (χ0v) is 69.2. The Labute approximate surface area is 690 Å². The Hall–Kier alpha value is -10.3. The van der Waals surface area contributed by atoms with Crippen LogP contribution in [0.15, 0.2) is 190 Å². The second-order valence-electron chi connectivity index (χ2n) is 29.5. The van der Waals surface area contributed by atoms with Gasteiger partial charge in [-0.1, -0.05) is 134 Å². The number of amides is 2. The largest absolute Gasteiger partial charge is 0.530 e. The number of H-pyrrole nitrogens is 2. The number of hydrogen-bond donors (Lipinski definition) is 5. The number of fused-ring (bicyclic) bond motifs is 2. The van der Waals surface area contributed by atoms with Crippen LogP contribution in [0.1, 0.15) is 142 Å². The van der Waals surface area contributed by atoms with Gasteiger partial charge in [0, 0.05) is 71.1 Å². The third-order valence-electron chi connectivity index (χ3n) is 20.9. The van der Waals surface area contributed by atoms with Gasteiger partial charge in [-0.25, -0.2) is 29.0 Å². The number of aryl methyl sites for hydroxylation is 1. The Morgan fingerprint density at radius 2 is 1.41 bits per heavy atom. The standard InChI is InChI=1S/C83H89Cl2N14O17P2/c1-48(2)77(100)93-81-92-76-72(80(103)94-81)90-47-98(76)69-41-64(116-118(105,115-62-27-17-16-26-61(62)85)110-44-66-63(40-68(112-66)96-42-51(7)78(101)95-82(96)104)114-117(109-37-19-36-86)99(49(3)4)50(5)6)73(113-69)70(53-22-18-25-57(84)38-53)60-39-67(97-46-89-71-74(87-45-88-75(71)97)91-79(102)52-20-12-10-13-21-52)111-65(60)43-108-83(54-23-14-11-15-24-54,55-28-32-58(106-8)33-29-55)56-30-34-59(107-9)35-31-56/h10-18,20-24,26-35,38,42,45-50,60,63-70,73-74H,19,37,39-41,43-44H2,1-9H3,(H,87,88)(H,91,102)(H,95,101,104)(H2,92,93,94,100,103)/t60-,63?,64+,65+,66?,67-,68?,69-,70?,73+,74?,117?,118?/m1/s1. The maximum atomic E-state index is 17.0. The molecule has 4 aliphatic rings. The van der Waals surface area contributed by atoms with Crippen molar-refractivity contribution in [1.82, 2.24) is 53.9 Å². The fourth-order valence-electron chi connectivity index (χ4n) is 15.3. The number of rotatable bonds is 33. The Bertz CT molecular complexity index is 5460. The van der Waals surface area contributed by atoms with E-state index in [0.717, 1.165) is 5.56 Å². The number of phosphoric acid groups is 1. The summed E-state index contributed by atoms with van der Waals surface area (Å²) in [6, 6.07) is 50.1. The number of nitriles is 1. The molecule has 617 valence electrons. The smallest absolute Gasteiger partial charge is 0.497 e. The molecule has 2 amide bonds. The van der Waals surface area contributed by atoms with Crippen LogP contribution in [0.2, 0.25) is 10.0 Å². The highest BCUT2D eigenvalue weighted by molar-refractivity contribution is 7.49. The molecule has 0 saturated carbocycles. The van der Waals surface area contributed by atoms with Crippen molar-refractivity contribution >= 4 is 80.6 Å². The molecule has 0 bridgehead atoms. The van der Waals surface area contributed by atoms with Crippen LogP contribution in [-0.4, -0.2) is 138 Å². The molecule has 118 heavy (non-hydrogen) atoms. The number of anilines is 1. The summed E-state index contributed by atoms with van der Waals surface area (Å²) in [5, 5.41) is 18.8. The van der Waals surface area contributed by atoms with Crippen molar-refractivity contribution in [3.63, 3.8) is 0 Å². The molecule has 7 unspecified atom stereocenters. The zero-order valence-electron chi connectivity index (χ0n) is 65.9. The number of aromatic nitrogens is 8. The number of halogens is 2. The molecule has 3 saturated heterocycles. The second kappa shape index (κ2) is 36.9. The van der Waals surface area contributed by atoms with Gasteiger partial charge in [0.25, 0.3) is 25.6 Å². The fraction of sp³-hybridized carbons (Fsp3) is 0.373. The predicted molar refractivity (Wildman–Crippen MR) is 439 cm³/mol. The van der Waals surface area contributed by atoms with Crippen LogP contribution >= 0.6 is 39.6 Å². The first kappa shape index (κ1) is 84.2. The van der Waals surface area contributed by atoms with E-state index in [2.05, 4.69) is 43.0 Å². The number of carbonyl (C=O) groups is 2. The summed E-state index contributed by atoms with van der Waals surface area (Å²) in [4.78, 5) is 92.2. The van der Waals surface area contributed by atoms with Crippen LogP contribution in [0.5, 0.6) is 17.2 Å². The molecule has 10 aromatic rings. The van der Waals surface area contributed by atoms with E-state index in [9.17, 15) is 29.2 Å². The lowest BCUT2D eigenvalue weighted by atomic mass is 9.76. The Morgan fingerprint density at radius 1 is 0.763 bits per heavy atom. The Kier molecular flexibility index (Phi) is 26.4. The maximum Gasteiger partial charge on any atom is 0.530 e. The number of methoxy groups -OCH3 is 2. The van der Waals surface area contributed by atoms with Gasteiger partial charge in [0.2, 0.25) is 11.9 Å². The van der Waals surface area contributed by atoms with Crippen LogP contribution in [-0.2, 0) is 52.0 Å². The number of ether oxygens (including phenoxy) is 6. The normalized spacial score (nSPS) is 21.5. The van der Waals surface area contributed by atoms with Crippen LogP contribution in [0.25, 0.3) is 11.2 Å². The third kappa shape index (κ3) is 18.3. The molecule has 8 heterocycles. The molecule has 4 aliphatic heterocycles. The summed E-state index contributed by atoms with van der Waals surface area (Å²) < 4.78 is 98.9. The lowest BCUT2D eigenvalue weighted by Gasteiger charge is -2.39. The SMILES string of the molecule is COc1ccc(C(OC[C@@H]2O[C@@H](n3cnc4c3N=CNC4NC(=O)c3ccccc3)C[C@H]2C(c2cc[c]c(Cl)c2)[C@H]2O[C@@H](n3cnc4c(=O)[nH]c(NC(=O)C(C)C)nc43)C[C@@H]2OP(=O)(OCC2OC(n3cc(C)c(=O)[nH]c3=O)CC2OP(OCCC#N)N(C(C)C)C(C)C)Oc2ccccc2Cl)(c2ccccc2)c2ccc(OC)cc2)cc1. The number of aromatic amines is 2. The highest BCUT2D eigenvalue weighted by atomic mass is 35.5. The van der Waals surface area contributed by atoms with E-state index in [0.29, 0.717) is 45.3 Å². The number of hydrogen-bond acceptors (Lipinski definition) is 24. The number of phosphoric ester groups is 1. The van der Waals surface area contributed by atoms with Gasteiger partial charge >= 0.3 is 13.5 Å². The van der Waals surface area contributed by atoms with Crippen molar-refractivity contribution in [2.75, 3.05) is 39.4 Å². The molecular formula is C83H89Cl2N14O17P2. The summed E-state index contributed by atoms with van der Waals surface area (Å²) in [7, 11) is -4.13. The van der Waals surface area contributed by atoms with E-state index in [4.69, 9.17) is 89.2 Å². The fourth-order valence-corrected chi connectivity index (χ4v) is 18.9. The van der Waals surface area contributed by atoms with Crippen LogP contribution < -0.4 is 46.8 Å². The monoisotopic (exact) mass is 1690 g/mol. The first-order chi connectivity index (χ1) is 56.9. The summed E-state index contributed by atoms with van der Waals surface area (Å²) in [5.41, 5.74) is 0.0398. The van der Waals surface area contributed by atoms with Crippen LogP contribution in [0.3, 0.4) is 0 Å². The van der Waals surface area contributed by atoms with Gasteiger partial charge in [-0.3, -0.25) is 57.2 Å². The number of nitrogens with zero attached hydrogens (tertiary/aromatic N) is 9. The van der Waals surface area contributed by atoms with E-state index in [1.807, 2.05) is 123 Å². The first-order valence-electron chi connectivity index (χ1n) is 38.5. The highest BCUT2D eigenvalue weighted by Crippen LogP contribution is 2.59. The molecule has 0 aliphatic carbocycles. The van der Waals surface area contributed by atoms with E-state index >= 15 is 4.57 Å². The van der Waals surface area contributed by atoms with Gasteiger partial charge < -0.3 is 52.6 Å². The van der Waals surface area contributed by atoms with E-state index in [1.54, 1.807) is 94.4 Å². The van der Waals surface area contributed by atoms with Crippen LogP contribution in [0, 0.1) is 36.2 Å². The molecule has 14 rings (SSSR count). The number of nitrogens with one attached hydrogen (secondary N) is 5. The minimum Gasteiger partial charge on any atom is -0.497 e. The average molecular weight is 1690 g/mol. The quantitative estimate of drug-likeness (QED) is 0.0145. The molecule has 5 N–H and O–H groups in total. The lowest BCUT2D eigenvalue weighted by Crippen LogP contribution is -2.41. The van der Waals surface area contributed by atoms with Gasteiger partial charge in [-0.2, -0.15) is 10.2 Å². The molecule has 13 atom stereocenters. The topological polar surface area (TPSA) is 364 Å². The van der Waals surface area contributed by atoms with Crippen molar-refractivity contribution in [1.29, 1.82) is 5.26 Å². The summed E-state index contributed by atoms with van der Waals surface area (Å²) >= 11 is 14.2. The molecule has 4 aromatic heterocycles. The third-order valence-corrected chi connectivity index (χ3v) is 25.0. The summed E-state index contributed by atoms with van der Waals surface area (Å²) in [6.45, 7) is 12.0. The van der Waals surface area contributed by atoms with Gasteiger partial charge in [0.15, 0.2) is 17.0 Å². The first-order valence-corrected chi connectivity index (χ1v) is 41.8. The van der Waals surface area contributed by atoms with Crippen molar-refractivity contribution in [3.05, 3.63) is 257 Å². The highest BCUT2D eigenvalue weighted by Gasteiger charge is 2.55. The number of aliphatic imine (C=N–C) groups is 1. The molecule has 31 nitrogen and oxygen atoms in total.